The molecule has 7 heteroatoms. The highest BCUT2D eigenvalue weighted by atomic mass is 16.2. The molecule has 142 valence electrons. The number of carbonyl (C=O) groups is 2. The maximum Gasteiger partial charge on any atom is 0.322 e. The van der Waals surface area contributed by atoms with Gasteiger partial charge >= 0.3 is 6.03 Å². The first-order valence-electron chi connectivity index (χ1n) is 9.49. The average molecular weight is 367 g/mol. The highest BCUT2D eigenvalue weighted by Crippen LogP contribution is 2.25. The molecule has 1 fully saturated rings. The van der Waals surface area contributed by atoms with Crippen LogP contribution >= 0.6 is 0 Å². The summed E-state index contributed by atoms with van der Waals surface area (Å²) in [6.45, 7) is 4.61. The van der Waals surface area contributed by atoms with Crippen LogP contribution in [0.15, 0.2) is 24.3 Å². The van der Waals surface area contributed by atoms with Crippen molar-refractivity contribution >= 4 is 17.6 Å². The van der Waals surface area contributed by atoms with Crippen molar-refractivity contribution < 1.29 is 9.59 Å². The number of rotatable bonds is 2. The van der Waals surface area contributed by atoms with Crippen molar-refractivity contribution in [1.82, 2.24) is 19.6 Å². The van der Waals surface area contributed by atoms with Gasteiger partial charge in [-0.25, -0.2) is 4.79 Å². The summed E-state index contributed by atoms with van der Waals surface area (Å²) in [7, 11) is 1.88. The van der Waals surface area contributed by atoms with Crippen molar-refractivity contribution in [3.05, 3.63) is 46.8 Å². The zero-order chi connectivity index (χ0) is 19.0. The minimum atomic E-state index is -0.144. The summed E-state index contributed by atoms with van der Waals surface area (Å²) in [4.78, 5) is 29.2. The van der Waals surface area contributed by atoms with Gasteiger partial charge in [-0.1, -0.05) is 12.1 Å². The van der Waals surface area contributed by atoms with Crippen molar-refractivity contribution in [2.45, 2.75) is 32.7 Å². The van der Waals surface area contributed by atoms with Gasteiger partial charge in [-0.2, -0.15) is 5.10 Å². The molecular weight excluding hydrogens is 342 g/mol. The molecule has 0 saturated carbocycles. The second-order valence-corrected chi connectivity index (χ2v) is 7.37. The molecule has 0 aliphatic carbocycles. The Bertz CT molecular complexity index is 882. The third-order valence-electron chi connectivity index (χ3n) is 5.39. The van der Waals surface area contributed by atoms with E-state index >= 15 is 0 Å². The summed E-state index contributed by atoms with van der Waals surface area (Å²) in [6.07, 6.45) is 2.80. The summed E-state index contributed by atoms with van der Waals surface area (Å²) < 4.78 is 1.80. The normalized spacial score (nSPS) is 16.4. The number of amides is 3. The van der Waals surface area contributed by atoms with Gasteiger partial charge in [-0.15, -0.1) is 0 Å². The van der Waals surface area contributed by atoms with Crippen LogP contribution in [-0.4, -0.2) is 51.2 Å². The molecule has 27 heavy (non-hydrogen) atoms. The maximum absolute atomic E-state index is 12.9. The SMILES string of the molecule is Cc1cccc(NC(=O)N2CCc3c(c(C(=O)N4CCCC4)nn3C)C2)c1. The predicted molar refractivity (Wildman–Crippen MR) is 103 cm³/mol. The number of nitrogens with one attached hydrogen (secondary N) is 1. The number of carbonyl (C=O) groups excluding carboxylic acids is 2. The summed E-state index contributed by atoms with van der Waals surface area (Å²) in [5, 5.41) is 7.45. The van der Waals surface area contributed by atoms with E-state index in [0.717, 1.165) is 48.4 Å². The average Bonchev–Trinajstić information content (AvgIpc) is 3.29. The minimum absolute atomic E-state index is 0.00899. The number of benzene rings is 1. The fourth-order valence-electron chi connectivity index (χ4n) is 3.93. The molecule has 0 radical (unpaired) electrons. The lowest BCUT2D eigenvalue weighted by Gasteiger charge is -2.28. The molecule has 7 nitrogen and oxygen atoms in total. The van der Waals surface area contributed by atoms with Crippen LogP contribution in [-0.2, 0) is 20.0 Å². The number of hydrogen-bond acceptors (Lipinski definition) is 3. The van der Waals surface area contributed by atoms with Crippen LogP contribution in [0.25, 0.3) is 0 Å². The zero-order valence-electron chi connectivity index (χ0n) is 15.9. The van der Waals surface area contributed by atoms with Gasteiger partial charge in [0.2, 0.25) is 0 Å². The van der Waals surface area contributed by atoms with Crippen molar-refractivity contribution in [3.8, 4) is 0 Å². The molecule has 0 spiro atoms. The van der Waals surface area contributed by atoms with Gasteiger partial charge in [0.25, 0.3) is 5.91 Å². The highest BCUT2D eigenvalue weighted by Gasteiger charge is 2.32. The smallest absolute Gasteiger partial charge is 0.322 e. The molecule has 2 aliphatic rings. The van der Waals surface area contributed by atoms with Gasteiger partial charge < -0.3 is 15.1 Å². The molecular formula is C20H25N5O2. The Balaban J connectivity index is 1.53. The van der Waals surface area contributed by atoms with Gasteiger partial charge in [0.1, 0.15) is 0 Å². The molecule has 2 aromatic rings. The van der Waals surface area contributed by atoms with Crippen molar-refractivity contribution in [2.24, 2.45) is 7.05 Å². The predicted octanol–water partition coefficient (Wildman–Crippen LogP) is 2.55. The molecule has 0 unspecified atom stereocenters. The van der Waals surface area contributed by atoms with Gasteiger partial charge in [0.05, 0.1) is 6.54 Å². The number of urea groups is 1. The number of aromatic nitrogens is 2. The van der Waals surface area contributed by atoms with E-state index in [2.05, 4.69) is 10.4 Å². The lowest BCUT2D eigenvalue weighted by Crippen LogP contribution is -2.40. The van der Waals surface area contributed by atoms with Crippen molar-refractivity contribution in [2.75, 3.05) is 25.0 Å². The topological polar surface area (TPSA) is 70.5 Å². The van der Waals surface area contributed by atoms with E-state index in [1.54, 1.807) is 9.58 Å². The Morgan fingerprint density at radius 3 is 2.63 bits per heavy atom. The number of likely N-dealkylation sites (tertiary alicyclic amines) is 1. The fourth-order valence-corrected chi connectivity index (χ4v) is 3.93. The molecule has 2 aliphatic heterocycles. The van der Waals surface area contributed by atoms with E-state index in [1.165, 1.54) is 0 Å². The number of aryl methyl sites for hydroxylation is 2. The molecule has 1 N–H and O–H groups in total. The Morgan fingerprint density at radius 2 is 1.89 bits per heavy atom. The summed E-state index contributed by atoms with van der Waals surface area (Å²) >= 11 is 0. The van der Waals surface area contributed by atoms with Crippen LogP contribution in [0, 0.1) is 6.92 Å². The molecule has 3 amide bonds. The third-order valence-corrected chi connectivity index (χ3v) is 5.39. The fraction of sp³-hybridized carbons (Fsp3) is 0.450. The van der Waals surface area contributed by atoms with E-state index < -0.39 is 0 Å². The third kappa shape index (κ3) is 3.41. The lowest BCUT2D eigenvalue weighted by molar-refractivity contribution is 0.0784. The maximum atomic E-state index is 12.9. The molecule has 1 aromatic carbocycles. The van der Waals surface area contributed by atoms with Crippen LogP contribution in [0.1, 0.15) is 40.2 Å². The number of anilines is 1. The second-order valence-electron chi connectivity index (χ2n) is 7.37. The minimum Gasteiger partial charge on any atom is -0.337 e. The zero-order valence-corrected chi connectivity index (χ0v) is 15.9. The summed E-state index contributed by atoms with van der Waals surface area (Å²) in [5.41, 5.74) is 4.32. The lowest BCUT2D eigenvalue weighted by atomic mass is 10.0. The quantitative estimate of drug-likeness (QED) is 0.887. The van der Waals surface area contributed by atoms with Crippen LogP contribution in [0.4, 0.5) is 10.5 Å². The Labute approximate surface area is 158 Å². The van der Waals surface area contributed by atoms with E-state index in [4.69, 9.17) is 0 Å². The van der Waals surface area contributed by atoms with Gasteiger partial charge in [0, 0.05) is 50.0 Å². The first-order chi connectivity index (χ1) is 13.0. The standard InChI is InChI=1S/C20H25N5O2/c1-14-6-5-7-15(12-14)21-20(27)25-11-8-17-16(13-25)18(22-23(17)2)19(26)24-9-3-4-10-24/h5-7,12H,3-4,8-11,13H2,1-2H3,(H,21,27). The van der Waals surface area contributed by atoms with Gasteiger partial charge in [-0.3, -0.25) is 9.48 Å². The van der Waals surface area contributed by atoms with Crippen LogP contribution in [0.3, 0.4) is 0 Å². The number of hydrogen-bond donors (Lipinski definition) is 1. The first kappa shape index (κ1) is 17.6. The van der Waals surface area contributed by atoms with E-state index in [0.29, 0.717) is 25.2 Å². The van der Waals surface area contributed by atoms with Gasteiger partial charge in [-0.05, 0) is 37.5 Å². The van der Waals surface area contributed by atoms with E-state index in [-0.39, 0.29) is 11.9 Å². The van der Waals surface area contributed by atoms with Crippen LogP contribution < -0.4 is 5.32 Å². The van der Waals surface area contributed by atoms with Crippen LogP contribution in [0.2, 0.25) is 0 Å². The van der Waals surface area contributed by atoms with Gasteiger partial charge in [0.15, 0.2) is 5.69 Å². The molecule has 4 rings (SSSR count). The molecule has 0 atom stereocenters. The summed E-state index contributed by atoms with van der Waals surface area (Å²) in [6, 6.07) is 7.60. The number of nitrogens with zero attached hydrogens (tertiary/aromatic N) is 4. The molecule has 0 bridgehead atoms. The van der Waals surface area contributed by atoms with E-state index in [9.17, 15) is 9.59 Å². The summed E-state index contributed by atoms with van der Waals surface area (Å²) in [5.74, 6) is -0.00899. The Hall–Kier alpha value is -2.83. The second kappa shape index (κ2) is 7.06. The molecule has 3 heterocycles. The molecule has 1 aromatic heterocycles. The highest BCUT2D eigenvalue weighted by molar-refractivity contribution is 5.95. The first-order valence-corrected chi connectivity index (χ1v) is 9.49. The molecule has 1 saturated heterocycles. The Kier molecular flexibility index (Phi) is 4.59. The van der Waals surface area contributed by atoms with E-state index in [1.807, 2.05) is 43.1 Å². The van der Waals surface area contributed by atoms with Crippen molar-refractivity contribution in [3.63, 3.8) is 0 Å². The monoisotopic (exact) mass is 367 g/mol. The number of fused-ring (bicyclic) bond motifs is 1. The largest absolute Gasteiger partial charge is 0.337 e. The Morgan fingerprint density at radius 1 is 1.11 bits per heavy atom. The van der Waals surface area contributed by atoms with Crippen LogP contribution in [0.5, 0.6) is 0 Å². The van der Waals surface area contributed by atoms with Crippen molar-refractivity contribution in [1.29, 1.82) is 0 Å².